The normalized spacial score (nSPS) is 13.6. The first-order valence-corrected chi connectivity index (χ1v) is 11.4. The number of imide groups is 1. The van der Waals surface area contributed by atoms with Crippen molar-refractivity contribution < 1.29 is 14.0 Å². The molecule has 0 saturated heterocycles. The summed E-state index contributed by atoms with van der Waals surface area (Å²) in [5, 5.41) is 3.18. The lowest BCUT2D eigenvalue weighted by Crippen LogP contribution is -2.33. The number of amides is 2. The molecule has 174 valence electrons. The fraction of sp³-hybridized carbons (Fsp3) is 0.214. The van der Waals surface area contributed by atoms with Crippen molar-refractivity contribution in [2.75, 3.05) is 28.2 Å². The highest BCUT2D eigenvalue weighted by molar-refractivity contribution is 6.46. The molecule has 1 N–H and O–H groups in total. The molecule has 6 heteroatoms. The summed E-state index contributed by atoms with van der Waals surface area (Å²) < 4.78 is 13.6. The first kappa shape index (κ1) is 23.2. The summed E-state index contributed by atoms with van der Waals surface area (Å²) in [4.78, 5) is 30.6. The van der Waals surface area contributed by atoms with Gasteiger partial charge in [-0.2, -0.15) is 0 Å². The minimum atomic E-state index is -0.439. The second-order valence-corrected chi connectivity index (χ2v) is 8.34. The number of rotatable bonds is 7. The number of aryl methyl sites for hydroxylation is 2. The minimum absolute atomic E-state index is 0.174. The van der Waals surface area contributed by atoms with E-state index in [4.69, 9.17) is 0 Å². The summed E-state index contributed by atoms with van der Waals surface area (Å²) in [6, 6.07) is 19.0. The van der Waals surface area contributed by atoms with Crippen molar-refractivity contribution >= 4 is 34.4 Å². The van der Waals surface area contributed by atoms with Gasteiger partial charge in [-0.25, -0.2) is 9.29 Å². The molecular formula is C28H28FN3O2. The van der Waals surface area contributed by atoms with Gasteiger partial charge in [-0.15, -0.1) is 0 Å². The average molecular weight is 458 g/mol. The van der Waals surface area contributed by atoms with Crippen LogP contribution in [0.3, 0.4) is 0 Å². The van der Waals surface area contributed by atoms with Crippen LogP contribution >= 0.6 is 0 Å². The summed E-state index contributed by atoms with van der Waals surface area (Å²) in [5.41, 5.74) is 4.95. The Balaban J connectivity index is 1.77. The van der Waals surface area contributed by atoms with Crippen LogP contribution in [0.2, 0.25) is 0 Å². The number of benzene rings is 3. The van der Waals surface area contributed by atoms with Crippen LogP contribution in [0.25, 0.3) is 5.57 Å². The molecule has 0 fully saturated rings. The van der Waals surface area contributed by atoms with Gasteiger partial charge in [0.05, 0.1) is 11.3 Å². The lowest BCUT2D eigenvalue weighted by molar-refractivity contribution is -0.120. The lowest BCUT2D eigenvalue weighted by atomic mass is 10.0. The van der Waals surface area contributed by atoms with E-state index in [0.29, 0.717) is 16.9 Å². The van der Waals surface area contributed by atoms with Crippen LogP contribution in [0.4, 0.5) is 21.5 Å². The Morgan fingerprint density at radius 1 is 0.853 bits per heavy atom. The van der Waals surface area contributed by atoms with Gasteiger partial charge in [0.25, 0.3) is 11.8 Å². The van der Waals surface area contributed by atoms with Crippen molar-refractivity contribution in [3.8, 4) is 0 Å². The number of nitrogens with zero attached hydrogens (tertiary/aromatic N) is 2. The Labute approximate surface area is 199 Å². The van der Waals surface area contributed by atoms with Gasteiger partial charge in [0, 0.05) is 24.5 Å². The number of carbonyl (C=O) groups is 2. The molecule has 1 aliphatic heterocycles. The Morgan fingerprint density at radius 3 is 2.12 bits per heavy atom. The topological polar surface area (TPSA) is 52.7 Å². The Bertz CT molecular complexity index is 1260. The van der Waals surface area contributed by atoms with Gasteiger partial charge in [-0.3, -0.25) is 9.59 Å². The number of halogens is 1. The standard InChI is InChI=1S/C28H28FN3O2/c1-5-31(6-2)23-15-13-22(14-16-23)30-26-25(20-9-11-21(29)12-10-20)27(33)32(28(26)34)24-17-18(3)7-8-19(24)4/h7-17,30H,5-6H2,1-4H3. The largest absolute Gasteiger partial charge is 0.372 e. The molecule has 1 aliphatic rings. The molecular weight excluding hydrogens is 429 g/mol. The van der Waals surface area contributed by atoms with Gasteiger partial charge in [-0.05, 0) is 86.8 Å². The maximum atomic E-state index is 13.6. The SMILES string of the molecule is CCN(CC)c1ccc(NC2=C(c3ccc(F)cc3)C(=O)N(c3cc(C)ccc3C)C2=O)cc1. The van der Waals surface area contributed by atoms with Crippen LogP contribution in [-0.2, 0) is 9.59 Å². The lowest BCUT2D eigenvalue weighted by Gasteiger charge is -2.21. The third kappa shape index (κ3) is 4.31. The molecule has 0 radical (unpaired) electrons. The van der Waals surface area contributed by atoms with Gasteiger partial charge >= 0.3 is 0 Å². The molecule has 0 aromatic heterocycles. The highest BCUT2D eigenvalue weighted by Crippen LogP contribution is 2.35. The van der Waals surface area contributed by atoms with Crippen LogP contribution in [0.15, 0.2) is 72.4 Å². The van der Waals surface area contributed by atoms with Gasteiger partial charge < -0.3 is 10.2 Å². The zero-order valence-corrected chi connectivity index (χ0v) is 19.9. The molecule has 5 nitrogen and oxygen atoms in total. The van der Waals surface area contributed by atoms with E-state index in [1.54, 1.807) is 0 Å². The smallest absolute Gasteiger partial charge is 0.282 e. The Kier molecular flexibility index (Phi) is 6.50. The Hall–Kier alpha value is -3.93. The molecule has 3 aromatic carbocycles. The number of anilines is 3. The van der Waals surface area contributed by atoms with Gasteiger partial charge in [0.2, 0.25) is 0 Å². The van der Waals surface area contributed by atoms with Gasteiger partial charge in [0.15, 0.2) is 0 Å². The predicted octanol–water partition coefficient (Wildman–Crippen LogP) is 5.69. The van der Waals surface area contributed by atoms with Crippen molar-refractivity contribution in [2.45, 2.75) is 27.7 Å². The molecule has 0 saturated carbocycles. The minimum Gasteiger partial charge on any atom is -0.372 e. The maximum absolute atomic E-state index is 13.6. The van der Waals surface area contributed by atoms with Crippen molar-refractivity contribution in [1.82, 2.24) is 0 Å². The maximum Gasteiger partial charge on any atom is 0.282 e. The van der Waals surface area contributed by atoms with Crippen LogP contribution in [0.1, 0.15) is 30.5 Å². The third-order valence-corrected chi connectivity index (χ3v) is 6.09. The number of nitrogens with one attached hydrogen (secondary N) is 1. The Morgan fingerprint density at radius 2 is 1.50 bits per heavy atom. The summed E-state index contributed by atoms with van der Waals surface area (Å²) in [6.45, 7) is 9.76. The summed E-state index contributed by atoms with van der Waals surface area (Å²) in [5.74, 6) is -1.28. The number of hydrogen-bond acceptors (Lipinski definition) is 4. The molecule has 1 heterocycles. The highest BCUT2D eigenvalue weighted by Gasteiger charge is 2.40. The van der Waals surface area contributed by atoms with E-state index in [2.05, 4.69) is 24.1 Å². The summed E-state index contributed by atoms with van der Waals surface area (Å²) in [7, 11) is 0. The van der Waals surface area contributed by atoms with Crippen LogP contribution in [-0.4, -0.2) is 24.9 Å². The van der Waals surface area contributed by atoms with E-state index in [-0.39, 0.29) is 11.3 Å². The van der Waals surface area contributed by atoms with Crippen molar-refractivity contribution in [3.05, 3.63) is 94.9 Å². The van der Waals surface area contributed by atoms with Crippen molar-refractivity contribution in [1.29, 1.82) is 0 Å². The quantitative estimate of drug-likeness (QED) is 0.464. The van der Waals surface area contributed by atoms with Crippen LogP contribution < -0.4 is 15.1 Å². The monoisotopic (exact) mass is 457 g/mol. The average Bonchev–Trinajstić information content (AvgIpc) is 3.07. The van der Waals surface area contributed by atoms with Gasteiger partial charge in [0.1, 0.15) is 11.5 Å². The van der Waals surface area contributed by atoms with E-state index in [0.717, 1.165) is 29.9 Å². The molecule has 0 aliphatic carbocycles. The van der Waals surface area contributed by atoms with Crippen molar-refractivity contribution in [3.63, 3.8) is 0 Å². The molecule has 2 amide bonds. The summed E-state index contributed by atoms with van der Waals surface area (Å²) in [6.07, 6.45) is 0. The van der Waals surface area contributed by atoms with E-state index in [1.807, 2.05) is 56.3 Å². The van der Waals surface area contributed by atoms with E-state index >= 15 is 0 Å². The second-order valence-electron chi connectivity index (χ2n) is 8.34. The van der Waals surface area contributed by atoms with Crippen LogP contribution in [0, 0.1) is 19.7 Å². The predicted molar refractivity (Wildman–Crippen MR) is 135 cm³/mol. The van der Waals surface area contributed by atoms with Gasteiger partial charge in [-0.1, -0.05) is 24.3 Å². The van der Waals surface area contributed by atoms with E-state index in [9.17, 15) is 14.0 Å². The molecule has 0 atom stereocenters. The zero-order valence-electron chi connectivity index (χ0n) is 19.9. The molecule has 3 aromatic rings. The zero-order chi connectivity index (χ0) is 24.4. The van der Waals surface area contributed by atoms with Crippen LogP contribution in [0.5, 0.6) is 0 Å². The molecule has 34 heavy (non-hydrogen) atoms. The number of carbonyl (C=O) groups excluding carboxylic acids is 2. The molecule has 0 unspecified atom stereocenters. The second kappa shape index (κ2) is 9.51. The highest BCUT2D eigenvalue weighted by atomic mass is 19.1. The van der Waals surface area contributed by atoms with E-state index < -0.39 is 17.6 Å². The molecule has 0 bridgehead atoms. The fourth-order valence-electron chi connectivity index (χ4n) is 4.20. The first-order valence-electron chi connectivity index (χ1n) is 11.4. The summed E-state index contributed by atoms with van der Waals surface area (Å²) >= 11 is 0. The van der Waals surface area contributed by atoms with E-state index in [1.165, 1.54) is 29.2 Å². The van der Waals surface area contributed by atoms with Crippen molar-refractivity contribution in [2.24, 2.45) is 0 Å². The third-order valence-electron chi connectivity index (χ3n) is 6.09. The number of hydrogen-bond donors (Lipinski definition) is 1. The molecule has 4 rings (SSSR count). The molecule has 0 spiro atoms. The first-order chi connectivity index (χ1) is 16.3. The fourth-order valence-corrected chi connectivity index (χ4v) is 4.20.